The van der Waals surface area contributed by atoms with Crippen LogP contribution in [0.4, 0.5) is 11.4 Å². The second-order valence-electron chi connectivity index (χ2n) is 10.6. The van der Waals surface area contributed by atoms with E-state index < -0.39 is 23.0 Å². The van der Waals surface area contributed by atoms with Crippen LogP contribution >= 0.6 is 0 Å². The fraction of sp³-hybridized carbons (Fsp3) is 0.290. The lowest BCUT2D eigenvalue weighted by Crippen LogP contribution is -2.31. The van der Waals surface area contributed by atoms with E-state index in [2.05, 4.69) is 10.6 Å². The van der Waals surface area contributed by atoms with E-state index in [9.17, 15) is 24.3 Å². The summed E-state index contributed by atoms with van der Waals surface area (Å²) in [6.45, 7) is 3.88. The molecule has 7 rings (SSSR count). The van der Waals surface area contributed by atoms with E-state index in [1.165, 1.54) is 47.3 Å². The highest BCUT2D eigenvalue weighted by Crippen LogP contribution is 2.61. The van der Waals surface area contributed by atoms with Crippen molar-refractivity contribution in [1.82, 2.24) is 0 Å². The lowest BCUT2D eigenvalue weighted by atomic mass is 9.67. The number of ether oxygens (including phenoxy) is 3. The molecule has 0 unspecified atom stereocenters. The number of anilines is 2. The van der Waals surface area contributed by atoms with Crippen molar-refractivity contribution in [2.45, 2.75) is 25.7 Å². The van der Waals surface area contributed by atoms with Gasteiger partial charge in [-0.05, 0) is 30.2 Å². The van der Waals surface area contributed by atoms with Gasteiger partial charge >= 0.3 is 0 Å². The van der Waals surface area contributed by atoms with Crippen molar-refractivity contribution in [3.8, 4) is 23.0 Å². The van der Waals surface area contributed by atoms with Gasteiger partial charge in [0.2, 0.25) is 0 Å². The van der Waals surface area contributed by atoms with Crippen LogP contribution < -0.4 is 35.7 Å². The highest BCUT2D eigenvalue weighted by atomic mass is 16.5. The third-order valence-electron chi connectivity index (χ3n) is 8.72. The molecule has 10 nitrogen and oxygen atoms in total. The second-order valence-corrected chi connectivity index (χ2v) is 10.6. The molecule has 1 aliphatic carbocycles. The van der Waals surface area contributed by atoms with Gasteiger partial charge in [0.25, 0.3) is 0 Å². The predicted molar refractivity (Wildman–Crippen MR) is 157 cm³/mol. The standard InChI is InChI=1S/C31H26N2O8/c1-10(34)16-17(11(2)35)27-25-23-19(30(38)31(27)41-5)13(37)9-15(40-4)21(23)20-14(39-3)8-12(36)18-22(20)24(25)26(16)29-28(18)32-6-7-33-29/h8-9,16-17,32-33,38H,6-7H2,1-5H3/t16-,17-/m0/s1. The Morgan fingerprint density at radius 1 is 0.683 bits per heavy atom. The highest BCUT2D eigenvalue weighted by Gasteiger charge is 2.45. The lowest BCUT2D eigenvalue weighted by Gasteiger charge is -2.37. The molecule has 5 aromatic carbocycles. The molecule has 0 bridgehead atoms. The first-order chi connectivity index (χ1) is 19.7. The topological polar surface area (TPSA) is 140 Å². The van der Waals surface area contributed by atoms with Gasteiger partial charge < -0.3 is 30.0 Å². The van der Waals surface area contributed by atoms with Crippen molar-refractivity contribution in [2.75, 3.05) is 45.1 Å². The van der Waals surface area contributed by atoms with Gasteiger partial charge in [-0.2, -0.15) is 0 Å². The molecule has 0 saturated heterocycles. The molecule has 5 aromatic rings. The van der Waals surface area contributed by atoms with E-state index in [1.807, 2.05) is 0 Å². The summed E-state index contributed by atoms with van der Waals surface area (Å²) in [6.07, 6.45) is 0. The molecule has 10 heteroatoms. The summed E-state index contributed by atoms with van der Waals surface area (Å²) >= 11 is 0. The maximum atomic E-state index is 13.8. The molecule has 208 valence electrons. The Kier molecular flexibility index (Phi) is 5.10. The largest absolute Gasteiger partial charge is 0.504 e. The summed E-state index contributed by atoms with van der Waals surface area (Å²) in [4.78, 5) is 54.4. The number of methoxy groups -OCH3 is 3. The monoisotopic (exact) mass is 554 g/mol. The van der Waals surface area contributed by atoms with E-state index in [-0.39, 0.29) is 39.6 Å². The van der Waals surface area contributed by atoms with Gasteiger partial charge in [-0.25, -0.2) is 0 Å². The van der Waals surface area contributed by atoms with Crippen LogP contribution in [0.1, 0.15) is 36.8 Å². The molecule has 2 aliphatic rings. The van der Waals surface area contributed by atoms with Crippen molar-refractivity contribution in [1.29, 1.82) is 0 Å². The number of hydrogen-bond donors (Lipinski definition) is 3. The number of phenols is 1. The van der Waals surface area contributed by atoms with Gasteiger partial charge in [-0.15, -0.1) is 0 Å². The number of benzene rings is 5. The smallest absolute Gasteiger partial charge is 0.194 e. The number of ketones is 2. The first kappa shape index (κ1) is 25.1. The number of Topliss-reactive ketones (excluding diaryl/α,β-unsaturated/α-hetero) is 2. The number of carbonyl (C=O) groups excluding carboxylic acids is 2. The molecule has 0 aromatic heterocycles. The normalized spacial score (nSPS) is 17.6. The molecule has 0 radical (unpaired) electrons. The molecule has 0 amide bonds. The Morgan fingerprint density at radius 3 is 1.71 bits per heavy atom. The SMILES string of the molecule is COc1c(O)c2c(=O)cc(OC)c3c4c(OC)cc(=O)c5c6c(c7c(c(c1[C@@H](C(C)=O)[C@@H]7C(C)=O)c23)c54)NCCN6. The predicted octanol–water partition coefficient (Wildman–Crippen LogP) is 3.82. The van der Waals surface area contributed by atoms with Crippen LogP contribution in [0.5, 0.6) is 23.0 Å². The van der Waals surface area contributed by atoms with Gasteiger partial charge in [0, 0.05) is 52.3 Å². The van der Waals surface area contributed by atoms with Crippen LogP contribution in [0, 0.1) is 0 Å². The lowest BCUT2D eigenvalue weighted by molar-refractivity contribution is -0.125. The van der Waals surface area contributed by atoms with Crippen LogP contribution in [0.25, 0.3) is 43.1 Å². The highest BCUT2D eigenvalue weighted by molar-refractivity contribution is 6.40. The van der Waals surface area contributed by atoms with E-state index in [4.69, 9.17) is 14.2 Å². The van der Waals surface area contributed by atoms with E-state index in [0.717, 1.165) is 0 Å². The molecule has 0 fully saturated rings. The molecule has 41 heavy (non-hydrogen) atoms. The molecule has 3 N–H and O–H groups in total. The third kappa shape index (κ3) is 2.86. The Morgan fingerprint density at radius 2 is 1.17 bits per heavy atom. The van der Waals surface area contributed by atoms with Crippen molar-refractivity contribution >= 4 is 66.0 Å². The average Bonchev–Trinajstić information content (AvgIpc) is 2.95. The number of phenolic OH excluding ortho intramolecular Hbond substituents is 1. The Hall–Kier alpha value is -4.86. The van der Waals surface area contributed by atoms with Crippen molar-refractivity contribution in [3.05, 3.63) is 43.7 Å². The zero-order valence-electron chi connectivity index (χ0n) is 23.0. The first-order valence-corrected chi connectivity index (χ1v) is 13.2. The molecular weight excluding hydrogens is 528 g/mol. The van der Waals surface area contributed by atoms with Crippen molar-refractivity contribution in [2.24, 2.45) is 0 Å². The molecular formula is C31H26N2O8. The molecule has 1 heterocycles. The van der Waals surface area contributed by atoms with E-state index in [0.29, 0.717) is 73.3 Å². The Labute approximate surface area is 232 Å². The van der Waals surface area contributed by atoms with Crippen LogP contribution in [-0.4, -0.2) is 51.1 Å². The minimum atomic E-state index is -1.03. The van der Waals surface area contributed by atoms with Gasteiger partial charge in [-0.3, -0.25) is 19.2 Å². The average molecular weight is 555 g/mol. The van der Waals surface area contributed by atoms with Crippen LogP contribution in [0.2, 0.25) is 0 Å². The quantitative estimate of drug-likeness (QED) is 0.217. The summed E-state index contributed by atoms with van der Waals surface area (Å²) in [6, 6.07) is 2.68. The summed E-state index contributed by atoms with van der Waals surface area (Å²) in [5.74, 6) is -2.57. The fourth-order valence-corrected chi connectivity index (χ4v) is 7.36. The Bertz CT molecular complexity index is 2140. The van der Waals surface area contributed by atoms with Gasteiger partial charge in [-0.1, -0.05) is 0 Å². The van der Waals surface area contributed by atoms with Gasteiger partial charge in [0.1, 0.15) is 23.1 Å². The van der Waals surface area contributed by atoms with Crippen LogP contribution in [0.3, 0.4) is 0 Å². The summed E-state index contributed by atoms with van der Waals surface area (Å²) in [5.41, 5.74) is 1.17. The Balaban J connectivity index is 2.00. The maximum Gasteiger partial charge on any atom is 0.194 e. The van der Waals surface area contributed by atoms with Crippen molar-refractivity contribution in [3.63, 3.8) is 0 Å². The molecule has 2 atom stereocenters. The van der Waals surface area contributed by atoms with Crippen LogP contribution in [-0.2, 0) is 9.59 Å². The number of fused-ring (bicyclic) bond motifs is 4. The minimum absolute atomic E-state index is 0.0122. The van der Waals surface area contributed by atoms with E-state index >= 15 is 0 Å². The summed E-state index contributed by atoms with van der Waals surface area (Å²) in [7, 11) is 4.23. The maximum absolute atomic E-state index is 13.8. The van der Waals surface area contributed by atoms with Gasteiger partial charge in [0.05, 0.1) is 55.3 Å². The molecule has 0 saturated carbocycles. The molecule has 0 spiro atoms. The number of rotatable bonds is 5. The van der Waals surface area contributed by atoms with Crippen molar-refractivity contribution < 1.29 is 28.9 Å². The molecule has 1 aliphatic heterocycles. The summed E-state index contributed by atoms with van der Waals surface area (Å²) in [5, 5.41) is 21.5. The third-order valence-corrected chi connectivity index (χ3v) is 8.72. The first-order valence-electron chi connectivity index (χ1n) is 13.2. The number of nitrogens with one attached hydrogen (secondary N) is 2. The zero-order chi connectivity index (χ0) is 29.1. The zero-order valence-corrected chi connectivity index (χ0v) is 23.0. The minimum Gasteiger partial charge on any atom is -0.504 e. The number of aromatic hydroxyl groups is 1. The summed E-state index contributed by atoms with van der Waals surface area (Å²) < 4.78 is 17.2. The number of carbonyl (C=O) groups is 2. The fourth-order valence-electron chi connectivity index (χ4n) is 7.36. The van der Waals surface area contributed by atoms with Gasteiger partial charge in [0.15, 0.2) is 22.4 Å². The second kappa shape index (κ2) is 8.33. The number of hydrogen-bond acceptors (Lipinski definition) is 10. The van der Waals surface area contributed by atoms with Crippen LogP contribution in [0.15, 0.2) is 21.7 Å². The van der Waals surface area contributed by atoms with E-state index in [1.54, 1.807) is 0 Å².